The number of nitrogens with zero attached hydrogens (tertiary/aromatic N) is 3. The van der Waals surface area contributed by atoms with Crippen molar-refractivity contribution in [3.8, 4) is 11.5 Å². The standard InChI is InChI=1S/C23H18N4O2S/c1-28-15-10-8-14(9-11-15)22-19-20(16-5-2-3-6-17(16)29-22)26-23-24-13-25-27(23)21(19)18-7-4-12-30-18/h2-13,21-22H,1H3,(H,24,25,26)/t21-,22+/m1/s1. The van der Waals surface area contributed by atoms with Gasteiger partial charge < -0.3 is 14.8 Å². The Kier molecular flexibility index (Phi) is 3.89. The summed E-state index contributed by atoms with van der Waals surface area (Å²) in [5.74, 6) is 2.40. The summed E-state index contributed by atoms with van der Waals surface area (Å²) in [6, 6.07) is 20.3. The molecular weight excluding hydrogens is 396 g/mol. The summed E-state index contributed by atoms with van der Waals surface area (Å²) in [6.45, 7) is 0. The number of hydrogen-bond acceptors (Lipinski definition) is 6. The maximum Gasteiger partial charge on any atom is 0.226 e. The minimum atomic E-state index is -0.266. The molecule has 0 amide bonds. The van der Waals surface area contributed by atoms with E-state index in [1.165, 1.54) is 4.88 Å². The Morgan fingerprint density at radius 3 is 2.73 bits per heavy atom. The minimum absolute atomic E-state index is 0.0980. The van der Waals surface area contributed by atoms with Crippen LogP contribution in [0.3, 0.4) is 0 Å². The van der Waals surface area contributed by atoms with Crippen molar-refractivity contribution in [3.05, 3.63) is 93.9 Å². The predicted octanol–water partition coefficient (Wildman–Crippen LogP) is 4.91. The number of thiophene rings is 1. The number of anilines is 1. The van der Waals surface area contributed by atoms with E-state index in [0.29, 0.717) is 0 Å². The second kappa shape index (κ2) is 6.74. The number of fused-ring (bicyclic) bond motifs is 3. The van der Waals surface area contributed by atoms with Crippen molar-refractivity contribution in [2.45, 2.75) is 12.1 Å². The van der Waals surface area contributed by atoms with Crippen LogP contribution in [0.1, 0.15) is 28.1 Å². The second-order valence-electron chi connectivity index (χ2n) is 7.17. The number of nitrogens with one attached hydrogen (secondary N) is 1. The molecule has 2 aromatic carbocycles. The van der Waals surface area contributed by atoms with Crippen LogP contribution in [0.15, 0.2) is 77.9 Å². The Morgan fingerprint density at radius 2 is 1.93 bits per heavy atom. The van der Waals surface area contributed by atoms with Crippen LogP contribution in [0.4, 0.5) is 5.95 Å². The van der Waals surface area contributed by atoms with Crippen molar-refractivity contribution in [1.82, 2.24) is 14.8 Å². The van der Waals surface area contributed by atoms with Crippen LogP contribution in [0, 0.1) is 0 Å². The summed E-state index contributed by atoms with van der Waals surface area (Å²) in [5.41, 5.74) is 4.26. The van der Waals surface area contributed by atoms with Gasteiger partial charge in [0.05, 0.1) is 12.8 Å². The molecule has 148 valence electrons. The lowest BCUT2D eigenvalue weighted by molar-refractivity contribution is 0.223. The fourth-order valence-corrected chi connectivity index (χ4v) is 5.02. The molecule has 7 heteroatoms. The van der Waals surface area contributed by atoms with E-state index in [-0.39, 0.29) is 12.1 Å². The summed E-state index contributed by atoms with van der Waals surface area (Å²) in [6.07, 6.45) is 1.33. The van der Waals surface area contributed by atoms with Crippen molar-refractivity contribution in [2.75, 3.05) is 12.4 Å². The molecular formula is C23H18N4O2S. The topological polar surface area (TPSA) is 61.2 Å². The second-order valence-corrected chi connectivity index (χ2v) is 8.15. The Labute approximate surface area is 177 Å². The smallest absolute Gasteiger partial charge is 0.226 e. The quantitative estimate of drug-likeness (QED) is 0.516. The third-order valence-corrected chi connectivity index (χ3v) is 6.48. The molecule has 0 spiro atoms. The lowest BCUT2D eigenvalue weighted by Crippen LogP contribution is -2.32. The van der Waals surface area contributed by atoms with Crippen molar-refractivity contribution in [3.63, 3.8) is 0 Å². The highest BCUT2D eigenvalue weighted by Crippen LogP contribution is 2.51. The molecule has 6 nitrogen and oxygen atoms in total. The van der Waals surface area contributed by atoms with Gasteiger partial charge in [0.2, 0.25) is 5.95 Å². The van der Waals surface area contributed by atoms with E-state index in [4.69, 9.17) is 9.47 Å². The SMILES string of the molecule is COc1ccc([C@@H]2Oc3ccccc3C3=C2[C@@H](c2cccs2)n2ncnc2N3)cc1. The fraction of sp³-hybridized carbons (Fsp3) is 0.130. The first kappa shape index (κ1) is 17.3. The van der Waals surface area contributed by atoms with Gasteiger partial charge in [-0.05, 0) is 41.3 Å². The summed E-state index contributed by atoms with van der Waals surface area (Å²) in [7, 11) is 1.67. The van der Waals surface area contributed by atoms with Crippen molar-refractivity contribution in [2.24, 2.45) is 0 Å². The number of benzene rings is 2. The van der Waals surface area contributed by atoms with Crippen LogP contribution in [-0.4, -0.2) is 21.9 Å². The van der Waals surface area contributed by atoms with E-state index in [1.807, 2.05) is 35.0 Å². The van der Waals surface area contributed by atoms with Gasteiger partial charge in [0.1, 0.15) is 30.0 Å². The number of aromatic nitrogens is 3. The molecule has 1 N–H and O–H groups in total. The van der Waals surface area contributed by atoms with Gasteiger partial charge in [-0.15, -0.1) is 11.3 Å². The Balaban J connectivity index is 1.60. The van der Waals surface area contributed by atoms with E-state index in [1.54, 1.807) is 24.8 Å². The number of ether oxygens (including phenoxy) is 2. The van der Waals surface area contributed by atoms with Crippen LogP contribution in [0.25, 0.3) is 5.70 Å². The number of rotatable bonds is 3. The number of para-hydroxylation sites is 1. The zero-order chi connectivity index (χ0) is 20.1. The van der Waals surface area contributed by atoms with Crippen molar-refractivity contribution < 1.29 is 9.47 Å². The Morgan fingerprint density at radius 1 is 1.07 bits per heavy atom. The third-order valence-electron chi connectivity index (χ3n) is 5.55. The summed E-state index contributed by atoms with van der Waals surface area (Å²) >= 11 is 1.71. The van der Waals surface area contributed by atoms with Crippen LogP contribution < -0.4 is 14.8 Å². The van der Waals surface area contributed by atoms with Gasteiger partial charge in [0.15, 0.2) is 0 Å². The normalized spacial score (nSPS) is 19.2. The fourth-order valence-electron chi connectivity index (χ4n) is 4.19. The summed E-state index contributed by atoms with van der Waals surface area (Å²) < 4.78 is 13.9. The molecule has 4 aromatic rings. The molecule has 2 aromatic heterocycles. The zero-order valence-electron chi connectivity index (χ0n) is 16.1. The van der Waals surface area contributed by atoms with E-state index in [2.05, 4.69) is 51.1 Å². The van der Waals surface area contributed by atoms with Crippen molar-refractivity contribution >= 4 is 23.0 Å². The molecule has 2 atom stereocenters. The first-order chi connectivity index (χ1) is 14.8. The van der Waals surface area contributed by atoms with Gasteiger partial charge in [-0.1, -0.05) is 30.3 Å². The highest BCUT2D eigenvalue weighted by molar-refractivity contribution is 7.10. The highest BCUT2D eigenvalue weighted by Gasteiger charge is 2.41. The van der Waals surface area contributed by atoms with Gasteiger partial charge in [0, 0.05) is 16.0 Å². The molecule has 2 aliphatic rings. The van der Waals surface area contributed by atoms with E-state index < -0.39 is 0 Å². The third kappa shape index (κ3) is 2.55. The maximum absolute atomic E-state index is 6.59. The summed E-state index contributed by atoms with van der Waals surface area (Å²) in [5, 5.41) is 10.1. The van der Waals surface area contributed by atoms with E-state index in [0.717, 1.165) is 39.8 Å². The largest absolute Gasteiger partial charge is 0.497 e. The molecule has 0 aliphatic carbocycles. The first-order valence-corrected chi connectivity index (χ1v) is 10.6. The maximum atomic E-state index is 6.59. The number of methoxy groups -OCH3 is 1. The van der Waals surface area contributed by atoms with Crippen LogP contribution in [-0.2, 0) is 0 Å². The molecule has 0 fully saturated rings. The molecule has 0 bridgehead atoms. The van der Waals surface area contributed by atoms with Crippen LogP contribution in [0.5, 0.6) is 11.5 Å². The molecule has 0 unspecified atom stereocenters. The highest BCUT2D eigenvalue weighted by atomic mass is 32.1. The van der Waals surface area contributed by atoms with E-state index in [9.17, 15) is 0 Å². The van der Waals surface area contributed by atoms with Crippen LogP contribution in [0.2, 0.25) is 0 Å². The first-order valence-electron chi connectivity index (χ1n) is 9.67. The van der Waals surface area contributed by atoms with Gasteiger partial charge in [-0.3, -0.25) is 0 Å². The lowest BCUT2D eigenvalue weighted by atomic mass is 9.87. The van der Waals surface area contributed by atoms with Crippen LogP contribution >= 0.6 is 11.3 Å². The zero-order valence-corrected chi connectivity index (χ0v) is 17.0. The van der Waals surface area contributed by atoms with Crippen molar-refractivity contribution in [1.29, 1.82) is 0 Å². The predicted molar refractivity (Wildman–Crippen MR) is 116 cm³/mol. The van der Waals surface area contributed by atoms with E-state index >= 15 is 0 Å². The molecule has 0 radical (unpaired) electrons. The molecule has 0 saturated carbocycles. The average molecular weight is 414 g/mol. The van der Waals surface area contributed by atoms with Gasteiger partial charge >= 0.3 is 0 Å². The molecule has 4 heterocycles. The van der Waals surface area contributed by atoms with Gasteiger partial charge in [-0.25, -0.2) is 4.68 Å². The number of hydrogen-bond donors (Lipinski definition) is 1. The Hall–Kier alpha value is -3.58. The Bertz CT molecular complexity index is 1240. The van der Waals surface area contributed by atoms with Gasteiger partial charge in [0.25, 0.3) is 0 Å². The minimum Gasteiger partial charge on any atom is -0.497 e. The van der Waals surface area contributed by atoms with Gasteiger partial charge in [-0.2, -0.15) is 10.1 Å². The monoisotopic (exact) mass is 414 g/mol. The molecule has 0 saturated heterocycles. The molecule has 2 aliphatic heterocycles. The average Bonchev–Trinajstić information content (AvgIpc) is 3.49. The molecule has 30 heavy (non-hydrogen) atoms. The lowest BCUT2D eigenvalue weighted by Gasteiger charge is -2.38. The molecule has 6 rings (SSSR count). The summed E-state index contributed by atoms with van der Waals surface area (Å²) in [4.78, 5) is 5.65.